The number of hydrogen-bond acceptors (Lipinski definition) is 2. The lowest BCUT2D eigenvalue weighted by atomic mass is 10.2. The van der Waals surface area contributed by atoms with E-state index in [4.69, 9.17) is 0 Å². The Morgan fingerprint density at radius 2 is 2.07 bits per heavy atom. The molecule has 0 amide bonds. The molecule has 74 valence electrons. The Hall–Kier alpha value is -1.64. The van der Waals surface area contributed by atoms with E-state index in [1.54, 1.807) is 25.1 Å². The van der Waals surface area contributed by atoms with Crippen LogP contribution in [0, 0.1) is 5.82 Å². The number of hydrogen-bond donors (Lipinski definition) is 0. The smallest absolute Gasteiger partial charge is 0.330 e. The minimum atomic E-state index is -0.392. The van der Waals surface area contributed by atoms with Gasteiger partial charge in [0.05, 0.1) is 6.61 Å². The summed E-state index contributed by atoms with van der Waals surface area (Å²) >= 11 is 0. The first-order valence-electron chi connectivity index (χ1n) is 4.33. The van der Waals surface area contributed by atoms with Crippen LogP contribution in [-0.2, 0) is 9.53 Å². The summed E-state index contributed by atoms with van der Waals surface area (Å²) in [5.41, 5.74) is 0.763. The lowest BCUT2D eigenvalue weighted by Gasteiger charge is -1.95. The molecule has 0 aliphatic rings. The summed E-state index contributed by atoms with van der Waals surface area (Å²) in [6.07, 6.45) is 2.90. The molecule has 0 fully saturated rings. The molecule has 1 rings (SSSR count). The van der Waals surface area contributed by atoms with Gasteiger partial charge in [-0.25, -0.2) is 9.18 Å². The number of rotatable bonds is 3. The summed E-state index contributed by atoms with van der Waals surface area (Å²) in [5.74, 6) is -0.685. The van der Waals surface area contributed by atoms with Gasteiger partial charge in [0.2, 0.25) is 0 Å². The second-order valence-corrected chi connectivity index (χ2v) is 2.64. The summed E-state index contributed by atoms with van der Waals surface area (Å²) in [6, 6.07) is 5.85. The van der Waals surface area contributed by atoms with Gasteiger partial charge in [0.1, 0.15) is 5.82 Å². The molecule has 0 aliphatic carbocycles. The van der Waals surface area contributed by atoms with Crippen molar-refractivity contribution >= 4 is 12.0 Å². The van der Waals surface area contributed by atoms with Gasteiger partial charge < -0.3 is 4.74 Å². The predicted molar refractivity (Wildman–Crippen MR) is 52.1 cm³/mol. The summed E-state index contributed by atoms with van der Waals surface area (Å²) in [6.45, 7) is 2.09. The fourth-order valence-electron chi connectivity index (χ4n) is 0.929. The monoisotopic (exact) mass is 194 g/mol. The maximum atomic E-state index is 12.5. The van der Waals surface area contributed by atoms with Gasteiger partial charge in [-0.3, -0.25) is 0 Å². The Balaban J connectivity index is 2.60. The van der Waals surface area contributed by atoms with E-state index in [2.05, 4.69) is 4.74 Å². The largest absolute Gasteiger partial charge is 0.463 e. The molecule has 0 unspecified atom stereocenters. The fraction of sp³-hybridized carbons (Fsp3) is 0.182. The van der Waals surface area contributed by atoms with Crippen LogP contribution in [0.1, 0.15) is 12.5 Å². The predicted octanol–water partition coefficient (Wildman–Crippen LogP) is 2.40. The highest BCUT2D eigenvalue weighted by atomic mass is 19.1. The van der Waals surface area contributed by atoms with Crippen LogP contribution in [0.4, 0.5) is 4.39 Å². The van der Waals surface area contributed by atoms with E-state index in [-0.39, 0.29) is 5.82 Å². The second-order valence-electron chi connectivity index (χ2n) is 2.64. The minimum Gasteiger partial charge on any atom is -0.463 e. The molecule has 0 heterocycles. The van der Waals surface area contributed by atoms with Crippen molar-refractivity contribution in [1.82, 2.24) is 0 Å². The minimum absolute atomic E-state index is 0.293. The van der Waals surface area contributed by atoms with Gasteiger partial charge in [0.25, 0.3) is 0 Å². The molecule has 1 aromatic carbocycles. The molecule has 3 heteroatoms. The van der Waals surface area contributed by atoms with Gasteiger partial charge in [-0.15, -0.1) is 0 Å². The van der Waals surface area contributed by atoms with E-state index < -0.39 is 5.97 Å². The molecule has 2 nitrogen and oxygen atoms in total. The molecule has 0 aromatic heterocycles. The molecule has 14 heavy (non-hydrogen) atoms. The molecule has 0 saturated carbocycles. The maximum Gasteiger partial charge on any atom is 0.330 e. The Bertz CT molecular complexity index is 328. The topological polar surface area (TPSA) is 26.3 Å². The molecular weight excluding hydrogens is 183 g/mol. The molecule has 1 aromatic rings. The molecule has 0 spiro atoms. The number of ether oxygens (including phenoxy) is 1. The first kappa shape index (κ1) is 10.4. The summed E-state index contributed by atoms with van der Waals surface area (Å²) in [4.78, 5) is 10.9. The van der Waals surface area contributed by atoms with Gasteiger partial charge in [-0.2, -0.15) is 0 Å². The zero-order valence-corrected chi connectivity index (χ0v) is 7.87. The summed E-state index contributed by atoms with van der Waals surface area (Å²) < 4.78 is 17.2. The van der Waals surface area contributed by atoms with Crippen molar-refractivity contribution in [3.8, 4) is 0 Å². The third-order valence-corrected chi connectivity index (χ3v) is 1.57. The molecule has 0 atom stereocenters. The number of esters is 1. The number of carbonyl (C=O) groups excluding carboxylic acids is 1. The quantitative estimate of drug-likeness (QED) is 0.545. The van der Waals surface area contributed by atoms with Gasteiger partial charge >= 0.3 is 5.97 Å². The number of benzene rings is 1. The highest BCUT2D eigenvalue weighted by Gasteiger charge is 1.93. The van der Waals surface area contributed by atoms with Gasteiger partial charge in [0, 0.05) is 6.08 Å². The Labute approximate surface area is 82.0 Å². The van der Waals surface area contributed by atoms with Crippen molar-refractivity contribution in [3.63, 3.8) is 0 Å². The Morgan fingerprint density at radius 1 is 1.43 bits per heavy atom. The van der Waals surface area contributed by atoms with Crippen molar-refractivity contribution in [2.24, 2.45) is 0 Å². The van der Waals surface area contributed by atoms with E-state index in [1.807, 2.05) is 0 Å². The maximum absolute atomic E-state index is 12.5. The SMILES string of the molecule is CCOC(=O)/C=C\c1ccc(F)cc1. The third-order valence-electron chi connectivity index (χ3n) is 1.57. The molecule has 0 bridgehead atoms. The van der Waals surface area contributed by atoms with Crippen LogP contribution in [0.3, 0.4) is 0 Å². The van der Waals surface area contributed by atoms with Crippen LogP contribution < -0.4 is 0 Å². The van der Waals surface area contributed by atoms with Crippen molar-refractivity contribution in [2.45, 2.75) is 6.92 Å². The van der Waals surface area contributed by atoms with Crippen molar-refractivity contribution in [3.05, 3.63) is 41.7 Å². The standard InChI is InChI=1S/C11H11FO2/c1-2-14-11(13)8-5-9-3-6-10(12)7-4-9/h3-8H,2H2,1H3/b8-5-. The molecule has 0 radical (unpaired) electrons. The highest BCUT2D eigenvalue weighted by molar-refractivity contribution is 5.86. The average molecular weight is 194 g/mol. The van der Waals surface area contributed by atoms with Gasteiger partial charge in [-0.1, -0.05) is 12.1 Å². The van der Waals surface area contributed by atoms with E-state index >= 15 is 0 Å². The van der Waals surface area contributed by atoms with Crippen LogP contribution >= 0.6 is 0 Å². The first-order chi connectivity index (χ1) is 6.72. The third kappa shape index (κ3) is 3.39. The number of carbonyl (C=O) groups is 1. The van der Waals surface area contributed by atoms with Crippen molar-refractivity contribution < 1.29 is 13.9 Å². The van der Waals surface area contributed by atoms with E-state index in [0.717, 1.165) is 5.56 Å². The molecular formula is C11H11FO2. The number of halogens is 1. The molecule has 0 N–H and O–H groups in total. The first-order valence-corrected chi connectivity index (χ1v) is 4.33. The lowest BCUT2D eigenvalue weighted by molar-refractivity contribution is -0.137. The van der Waals surface area contributed by atoms with Crippen molar-refractivity contribution in [1.29, 1.82) is 0 Å². The summed E-state index contributed by atoms with van der Waals surface area (Å²) in [7, 11) is 0. The molecule has 0 saturated heterocycles. The zero-order chi connectivity index (χ0) is 10.4. The fourth-order valence-corrected chi connectivity index (χ4v) is 0.929. The van der Waals surface area contributed by atoms with Gasteiger partial charge in [0.15, 0.2) is 0 Å². The van der Waals surface area contributed by atoms with E-state index in [9.17, 15) is 9.18 Å². The van der Waals surface area contributed by atoms with E-state index in [1.165, 1.54) is 18.2 Å². The molecule has 0 aliphatic heterocycles. The van der Waals surface area contributed by atoms with Crippen LogP contribution in [0.2, 0.25) is 0 Å². The summed E-state index contributed by atoms with van der Waals surface area (Å²) in [5, 5.41) is 0. The Kier molecular flexibility index (Phi) is 3.85. The van der Waals surface area contributed by atoms with E-state index in [0.29, 0.717) is 6.61 Å². The van der Waals surface area contributed by atoms with Crippen LogP contribution in [0.5, 0.6) is 0 Å². The Morgan fingerprint density at radius 3 is 2.64 bits per heavy atom. The van der Waals surface area contributed by atoms with Crippen LogP contribution in [0.25, 0.3) is 6.08 Å². The second kappa shape index (κ2) is 5.17. The van der Waals surface area contributed by atoms with Crippen molar-refractivity contribution in [2.75, 3.05) is 6.61 Å². The van der Waals surface area contributed by atoms with Crippen LogP contribution in [0.15, 0.2) is 30.3 Å². The average Bonchev–Trinajstić information content (AvgIpc) is 2.17. The van der Waals surface area contributed by atoms with Crippen LogP contribution in [-0.4, -0.2) is 12.6 Å². The lowest BCUT2D eigenvalue weighted by Crippen LogP contribution is -1.98. The van der Waals surface area contributed by atoms with Gasteiger partial charge in [-0.05, 0) is 30.7 Å². The highest BCUT2D eigenvalue weighted by Crippen LogP contribution is 2.04. The normalized spacial score (nSPS) is 10.4. The zero-order valence-electron chi connectivity index (χ0n) is 7.87.